The van der Waals surface area contributed by atoms with Crippen LogP contribution in [0.2, 0.25) is 0 Å². The van der Waals surface area contributed by atoms with Crippen LogP contribution in [-0.4, -0.2) is 195 Å². The van der Waals surface area contributed by atoms with E-state index in [-0.39, 0.29) is 82.1 Å². The highest BCUT2D eigenvalue weighted by Gasteiger charge is 2.39. The third-order valence-electron chi connectivity index (χ3n) is 23.1. The monoisotopic (exact) mass is 1890 g/mol. The molecule has 9 rings (SSSR count). The Morgan fingerprint density at radius 2 is 0.869 bits per heavy atom. The van der Waals surface area contributed by atoms with Crippen LogP contribution in [0.25, 0.3) is 0 Å². The molecular formula is C105H127N13O18S. The van der Waals surface area contributed by atoms with Crippen molar-refractivity contribution in [3.05, 3.63) is 326 Å². The Balaban J connectivity index is 1.05. The van der Waals surface area contributed by atoms with Crippen LogP contribution in [-0.2, 0) is 130 Å². The molecule has 9 aromatic rings. The van der Waals surface area contributed by atoms with Gasteiger partial charge in [-0.2, -0.15) is 11.8 Å². The molecule has 0 fully saturated rings. The highest BCUT2D eigenvalue weighted by Crippen LogP contribution is 2.22. The summed E-state index contributed by atoms with van der Waals surface area (Å²) in [6.07, 6.45) is 4.07. The molecule has 0 saturated carbocycles. The largest absolute Gasteiger partial charge is 0.377 e. The number of hydrogen-bond donors (Lipinski definition) is 11. The van der Waals surface area contributed by atoms with Crippen molar-refractivity contribution >= 4 is 88.2 Å². The molecule has 0 saturated heterocycles. The van der Waals surface area contributed by atoms with Crippen LogP contribution in [0, 0.1) is 28.9 Å². The first-order chi connectivity index (χ1) is 66.2. The zero-order valence-corrected chi connectivity index (χ0v) is 79.4. The van der Waals surface area contributed by atoms with E-state index in [0.717, 1.165) is 34.2 Å². The van der Waals surface area contributed by atoms with Crippen molar-refractivity contribution < 1.29 is 81.4 Å². The van der Waals surface area contributed by atoms with E-state index >= 15 is 28.8 Å². The molecule has 31 nitrogen and oxygen atoms in total. The van der Waals surface area contributed by atoms with Gasteiger partial charge in [0.2, 0.25) is 47.3 Å². The highest BCUT2D eigenvalue weighted by atomic mass is 32.2. The lowest BCUT2D eigenvalue weighted by Crippen LogP contribution is -2.64. The number of rotatable bonds is 58. The van der Waals surface area contributed by atoms with E-state index in [4.69, 9.17) is 29.5 Å². The number of ether oxygens (including phenoxy) is 4. The van der Waals surface area contributed by atoms with Gasteiger partial charge < -0.3 is 82.7 Å². The number of non-ortho nitro benzene ring substituents is 1. The van der Waals surface area contributed by atoms with E-state index in [2.05, 4.69) is 58.3 Å². The number of aryl methyl sites for hydroxylation is 5. The summed E-state index contributed by atoms with van der Waals surface area (Å²) in [5, 5.41) is 43.5. The van der Waals surface area contributed by atoms with Gasteiger partial charge >= 0.3 is 12.0 Å². The van der Waals surface area contributed by atoms with Crippen molar-refractivity contribution in [3.8, 4) is 0 Å². The summed E-state index contributed by atoms with van der Waals surface area (Å²) in [5.74, 6) is -8.42. The van der Waals surface area contributed by atoms with Gasteiger partial charge in [0.05, 0.1) is 63.3 Å². The second-order valence-electron chi connectivity index (χ2n) is 33.6. The quantitative estimate of drug-likeness (QED) is 0.00555. The van der Waals surface area contributed by atoms with E-state index in [1.165, 1.54) is 43.0 Å². The van der Waals surface area contributed by atoms with Crippen molar-refractivity contribution in [2.75, 3.05) is 64.7 Å². The molecule has 137 heavy (non-hydrogen) atoms. The lowest BCUT2D eigenvalue weighted by molar-refractivity contribution is -0.384. The second-order valence-corrected chi connectivity index (χ2v) is 34.6. The first-order valence-electron chi connectivity index (χ1n) is 46.2. The summed E-state index contributed by atoms with van der Waals surface area (Å²) >= 11 is 1.47. The first kappa shape index (κ1) is 107. The van der Waals surface area contributed by atoms with Crippen molar-refractivity contribution in [2.45, 2.75) is 173 Å². The van der Waals surface area contributed by atoms with Crippen LogP contribution in [0.4, 0.5) is 10.5 Å². The molecule has 2 unspecified atom stereocenters. The smallest absolute Gasteiger partial charge is 0.357 e. The van der Waals surface area contributed by atoms with Gasteiger partial charge in [-0.15, -0.1) is 0 Å². The molecule has 11 atom stereocenters. The fourth-order valence-electron chi connectivity index (χ4n) is 14.4. The van der Waals surface area contributed by atoms with Crippen molar-refractivity contribution in [3.63, 3.8) is 0 Å². The normalized spacial score (nSPS) is 13.7. The van der Waals surface area contributed by atoms with E-state index in [1.807, 2.05) is 142 Å². The molecule has 9 aromatic carbocycles. The number of nitro groups is 1. The van der Waals surface area contributed by atoms with Gasteiger partial charge in [-0.1, -0.05) is 269 Å². The molecule has 0 bridgehead atoms. The molecule has 0 radical (unpaired) electrons. The molecule has 0 aliphatic carbocycles. The number of thioether (sulfide) groups is 1. The van der Waals surface area contributed by atoms with Crippen LogP contribution in [0.5, 0.6) is 0 Å². The van der Waals surface area contributed by atoms with E-state index in [0.29, 0.717) is 83.2 Å². The molecule has 0 heterocycles. The van der Waals surface area contributed by atoms with Gasteiger partial charge in [0.25, 0.3) is 5.69 Å². The number of benzene rings is 9. The number of carbonyl (C=O) groups is 11. The number of carbonyl (C=O) groups excluding carboxylic acids is 11. The predicted octanol–water partition coefficient (Wildman–Crippen LogP) is 9.90. The Labute approximate surface area is 804 Å². The molecule has 0 aliphatic heterocycles. The van der Waals surface area contributed by atoms with Crippen molar-refractivity contribution in [1.29, 1.82) is 0 Å². The predicted molar refractivity (Wildman–Crippen MR) is 525 cm³/mol. The average molecular weight is 1890 g/mol. The standard InChI is InChI=1S/C105H127N13O18S/c1-8-71(4)94(104(128)136-117-96(83-49-35-70(3)36-50-83)84-51-53-85(54-52-84)118(130)131)115-100(124)89(61-78-29-19-12-20-30-78)111-99(123)88(63-80-47-43-77(44-48-80)40-38-75-27-17-11-18-28-75)112-101(125)90(64-108-105(129)109-65-92(119)86(106)55-60-137-7)113-103(127)95(73(6)135-67-82-33-23-14-24-34-82)116-102(126)91(68-134-66-81-31-21-13-22-32-81)114-98(122)87(62-79-45-41-76(42-46-79)39-37-74-25-15-10-16-26-74)110-93(120)69-133-59-58-132-57-56-107-97(121)72(5)9-2/h10-36,41-54,71-73,86-91,94-95H,8-9,37-40,55-69,106H2,1-7H3,(H,107,121)(H,110,120)(H,111,123)(H,112,125)(H,113,127)(H,114,122)(H,115,124)(H,116,126)(H2,108,109,129)/b117-96-/t71?,72-,73?,86+,87-,88-,89-,90-,91-,94-,95-/m0/s1. The zero-order chi connectivity index (χ0) is 98.2. The Hall–Kier alpha value is -13.6. The summed E-state index contributed by atoms with van der Waals surface area (Å²) in [5.41, 5.74) is 15.2. The minimum absolute atomic E-state index is 0.0247. The van der Waals surface area contributed by atoms with Crippen LogP contribution in [0.1, 0.15) is 121 Å². The van der Waals surface area contributed by atoms with Crippen molar-refractivity contribution in [1.82, 2.24) is 53.2 Å². The lowest BCUT2D eigenvalue weighted by atomic mass is 9.97. The molecule has 10 amide bonds. The van der Waals surface area contributed by atoms with E-state index < -0.39 is 151 Å². The van der Waals surface area contributed by atoms with Crippen LogP contribution in [0.3, 0.4) is 0 Å². The van der Waals surface area contributed by atoms with Gasteiger partial charge in [0.1, 0.15) is 54.6 Å². The Kier molecular flexibility index (Phi) is 45.3. The van der Waals surface area contributed by atoms with Gasteiger partial charge in [0.15, 0.2) is 5.78 Å². The SMILES string of the molecule is CCC(C)[C@H](NC(=O)[C@H](Cc1ccccc1)NC(=O)[C@H](Cc1ccc(CCc2ccccc2)cc1)NC(=O)[C@H](CNC(=O)NCC(=O)[C@H](N)CCSC)NC(=O)[C@@H](NC(=O)[C@H](COCc1ccccc1)NC(=O)[C@H](Cc1ccc(CCc2ccccc2)cc1)NC(=O)COCCOCCNC(=O)[C@@H](C)CC)C(C)OCc1ccccc1)C(=O)O/N=C(/c1ccc(C)cc1)c1ccc([N+](=O)[O-])cc1. The summed E-state index contributed by atoms with van der Waals surface area (Å²) in [6, 6.07) is 60.6. The second kappa shape index (κ2) is 57.9. The van der Waals surface area contributed by atoms with Crippen LogP contribution in [0.15, 0.2) is 254 Å². The van der Waals surface area contributed by atoms with Gasteiger partial charge in [-0.05, 0) is 133 Å². The summed E-state index contributed by atoms with van der Waals surface area (Å²) in [7, 11) is 0. The number of nitrogens with two attached hydrogens (primary N) is 1. The first-order valence-corrected chi connectivity index (χ1v) is 47.6. The maximum Gasteiger partial charge on any atom is 0.357 e. The molecule has 726 valence electrons. The number of hydrogen-bond acceptors (Lipinski definition) is 21. The Bertz CT molecular complexity index is 5350. The molecule has 12 N–H and O–H groups in total. The van der Waals surface area contributed by atoms with E-state index in [9.17, 15) is 34.1 Å². The van der Waals surface area contributed by atoms with Gasteiger partial charge in [-0.3, -0.25) is 53.3 Å². The minimum Gasteiger partial charge on any atom is -0.377 e. The third-order valence-corrected chi connectivity index (χ3v) is 23.7. The average Bonchev–Trinajstić information content (AvgIpc) is 0.827. The van der Waals surface area contributed by atoms with Gasteiger partial charge in [-0.25, -0.2) is 9.59 Å². The number of ketones is 1. The fraction of sp³-hybridized carbons (Fsp3) is 0.371. The number of amides is 10. The molecule has 32 heteroatoms. The number of Topliss-reactive ketones (excluding diaryl/α,β-unsaturated/α-hetero) is 1. The molecule has 0 spiro atoms. The summed E-state index contributed by atoms with van der Waals surface area (Å²) in [6.45, 7) is 8.55. The van der Waals surface area contributed by atoms with Gasteiger partial charge in [0, 0.05) is 61.5 Å². The van der Waals surface area contributed by atoms with Crippen molar-refractivity contribution in [2.24, 2.45) is 22.7 Å². The number of oxime groups is 1. The maximum absolute atomic E-state index is 15.9. The Morgan fingerprint density at radius 3 is 1.38 bits per heavy atom. The summed E-state index contributed by atoms with van der Waals surface area (Å²) < 4.78 is 24.0. The van der Waals surface area contributed by atoms with Crippen LogP contribution < -0.4 is 58.9 Å². The highest BCUT2D eigenvalue weighted by molar-refractivity contribution is 7.98. The fourth-order valence-corrected chi connectivity index (χ4v) is 14.9. The molecule has 0 aliphatic rings. The number of urea groups is 1. The number of nitrogens with zero attached hydrogens (tertiary/aromatic N) is 2. The summed E-state index contributed by atoms with van der Waals surface area (Å²) in [4.78, 5) is 179. The maximum atomic E-state index is 15.9. The van der Waals surface area contributed by atoms with E-state index in [1.54, 1.807) is 123 Å². The third kappa shape index (κ3) is 37.5. The number of nitrogens with one attached hydrogen (secondary N) is 10. The topological polar surface area (TPSA) is 436 Å². The molecular weight excluding hydrogens is 1760 g/mol. The molecule has 0 aromatic heterocycles. The minimum atomic E-state index is -1.90. The Morgan fingerprint density at radius 1 is 0.438 bits per heavy atom. The lowest BCUT2D eigenvalue weighted by Gasteiger charge is -2.30. The van der Waals surface area contributed by atoms with Crippen LogP contribution >= 0.6 is 11.8 Å². The zero-order valence-electron chi connectivity index (χ0n) is 78.6. The number of nitro benzene ring substituents is 1.